The SMILES string of the molecule is CC(=O)Nc1ccc(NC(=O)[C@@H]2CC(=O)Nc3nc(N)nc(N)c32)cc1. The lowest BCUT2D eigenvalue weighted by Gasteiger charge is -2.25. The van der Waals surface area contributed by atoms with E-state index in [0.717, 1.165) is 0 Å². The number of carbonyl (C=O) groups excluding carboxylic acids is 3. The van der Waals surface area contributed by atoms with Gasteiger partial charge in [0.05, 0.1) is 11.5 Å². The number of nitrogen functional groups attached to an aromatic ring is 2. The third kappa shape index (κ3) is 3.53. The molecule has 26 heavy (non-hydrogen) atoms. The summed E-state index contributed by atoms with van der Waals surface area (Å²) >= 11 is 0. The van der Waals surface area contributed by atoms with E-state index in [-0.39, 0.29) is 35.8 Å². The number of hydrogen-bond acceptors (Lipinski definition) is 7. The summed E-state index contributed by atoms with van der Waals surface area (Å²) in [6.45, 7) is 1.40. The van der Waals surface area contributed by atoms with Gasteiger partial charge in [0.1, 0.15) is 11.6 Å². The molecule has 0 unspecified atom stereocenters. The first-order valence-electron chi connectivity index (χ1n) is 7.74. The van der Waals surface area contributed by atoms with E-state index in [0.29, 0.717) is 16.9 Å². The van der Waals surface area contributed by atoms with Crippen LogP contribution in [0.4, 0.5) is 29.0 Å². The highest BCUT2D eigenvalue weighted by atomic mass is 16.2. The van der Waals surface area contributed by atoms with Crippen LogP contribution in [0.2, 0.25) is 0 Å². The van der Waals surface area contributed by atoms with E-state index in [1.165, 1.54) is 6.92 Å². The number of aromatic nitrogens is 2. The Hall–Kier alpha value is -3.69. The van der Waals surface area contributed by atoms with Crippen LogP contribution in [-0.2, 0) is 14.4 Å². The van der Waals surface area contributed by atoms with Gasteiger partial charge in [-0.3, -0.25) is 14.4 Å². The maximum Gasteiger partial charge on any atom is 0.232 e. The lowest BCUT2D eigenvalue weighted by atomic mass is 9.92. The minimum absolute atomic E-state index is 0.0497. The van der Waals surface area contributed by atoms with Crippen molar-refractivity contribution < 1.29 is 14.4 Å². The van der Waals surface area contributed by atoms with Crippen molar-refractivity contribution in [2.45, 2.75) is 19.3 Å². The van der Waals surface area contributed by atoms with Gasteiger partial charge in [-0.2, -0.15) is 9.97 Å². The summed E-state index contributed by atoms with van der Waals surface area (Å²) in [4.78, 5) is 43.4. The Labute approximate surface area is 148 Å². The Morgan fingerprint density at radius 2 is 1.73 bits per heavy atom. The number of nitrogens with one attached hydrogen (secondary N) is 3. The average molecular weight is 355 g/mol. The van der Waals surface area contributed by atoms with Crippen molar-refractivity contribution in [3.05, 3.63) is 29.8 Å². The number of carbonyl (C=O) groups is 3. The molecular formula is C16H17N7O3. The van der Waals surface area contributed by atoms with Crippen molar-refractivity contribution in [2.75, 3.05) is 27.4 Å². The molecule has 134 valence electrons. The molecule has 1 aromatic carbocycles. The molecule has 10 heteroatoms. The predicted octanol–water partition coefficient (Wildman–Crippen LogP) is 0.664. The van der Waals surface area contributed by atoms with E-state index in [1.807, 2.05) is 0 Å². The normalized spacial score (nSPS) is 15.6. The number of rotatable bonds is 3. The molecule has 7 N–H and O–H groups in total. The maximum absolute atomic E-state index is 12.7. The number of hydrogen-bond donors (Lipinski definition) is 5. The lowest BCUT2D eigenvalue weighted by Crippen LogP contribution is -2.32. The molecule has 1 aliphatic rings. The van der Waals surface area contributed by atoms with Gasteiger partial charge in [0, 0.05) is 24.7 Å². The van der Waals surface area contributed by atoms with Crippen molar-refractivity contribution in [1.82, 2.24) is 9.97 Å². The summed E-state index contributed by atoms with van der Waals surface area (Å²) in [5.41, 5.74) is 12.9. The fourth-order valence-corrected chi connectivity index (χ4v) is 2.71. The fraction of sp³-hybridized carbons (Fsp3) is 0.188. The Bertz CT molecular complexity index is 895. The molecule has 0 spiro atoms. The quantitative estimate of drug-likeness (QED) is 0.539. The van der Waals surface area contributed by atoms with Crippen molar-refractivity contribution in [3.8, 4) is 0 Å². The van der Waals surface area contributed by atoms with Crippen LogP contribution in [0.1, 0.15) is 24.8 Å². The van der Waals surface area contributed by atoms with Gasteiger partial charge in [-0.05, 0) is 24.3 Å². The molecule has 0 saturated heterocycles. The van der Waals surface area contributed by atoms with Gasteiger partial charge < -0.3 is 27.4 Å². The molecular weight excluding hydrogens is 338 g/mol. The highest BCUT2D eigenvalue weighted by Crippen LogP contribution is 2.35. The van der Waals surface area contributed by atoms with E-state index in [4.69, 9.17) is 11.5 Å². The molecule has 3 amide bonds. The van der Waals surface area contributed by atoms with Gasteiger partial charge in [-0.15, -0.1) is 0 Å². The summed E-state index contributed by atoms with van der Waals surface area (Å²) in [7, 11) is 0. The highest BCUT2D eigenvalue weighted by Gasteiger charge is 2.34. The van der Waals surface area contributed by atoms with Crippen LogP contribution >= 0.6 is 0 Å². The number of nitrogens with two attached hydrogens (primary N) is 2. The summed E-state index contributed by atoms with van der Waals surface area (Å²) in [6.07, 6.45) is -0.0830. The molecule has 0 fully saturated rings. The smallest absolute Gasteiger partial charge is 0.232 e. The van der Waals surface area contributed by atoms with Crippen LogP contribution in [0.3, 0.4) is 0 Å². The minimum Gasteiger partial charge on any atom is -0.383 e. The lowest BCUT2D eigenvalue weighted by molar-refractivity contribution is -0.123. The van der Waals surface area contributed by atoms with E-state index in [9.17, 15) is 14.4 Å². The van der Waals surface area contributed by atoms with Crippen LogP contribution < -0.4 is 27.4 Å². The number of anilines is 5. The standard InChI is InChI=1S/C16H17N7O3/c1-7(24)19-8-2-4-9(5-3-8)20-15(26)10-6-11(25)21-14-12(10)13(17)22-16(18)23-14/h2-5,10H,6H2,1H3,(H,19,24)(H,20,26)(H5,17,18,21,22,23,25)/t10-/m1/s1. The number of benzene rings is 1. The van der Waals surface area contributed by atoms with Gasteiger partial charge in [0.2, 0.25) is 23.7 Å². The van der Waals surface area contributed by atoms with Crippen molar-refractivity contribution in [3.63, 3.8) is 0 Å². The third-order valence-electron chi connectivity index (χ3n) is 3.78. The Balaban J connectivity index is 1.82. The summed E-state index contributed by atoms with van der Waals surface area (Å²) in [6, 6.07) is 6.57. The van der Waals surface area contributed by atoms with Gasteiger partial charge in [-0.1, -0.05) is 0 Å². The first-order chi connectivity index (χ1) is 12.3. The molecule has 1 atom stereocenters. The Morgan fingerprint density at radius 1 is 1.12 bits per heavy atom. The Kier molecular flexibility index (Phi) is 4.40. The second kappa shape index (κ2) is 6.67. The van der Waals surface area contributed by atoms with Crippen LogP contribution in [0, 0.1) is 0 Å². The van der Waals surface area contributed by atoms with Crippen LogP contribution in [-0.4, -0.2) is 27.7 Å². The number of amides is 3. The van der Waals surface area contributed by atoms with E-state index >= 15 is 0 Å². The van der Waals surface area contributed by atoms with E-state index in [2.05, 4.69) is 25.9 Å². The minimum atomic E-state index is -0.839. The monoisotopic (exact) mass is 355 g/mol. The largest absolute Gasteiger partial charge is 0.383 e. The zero-order chi connectivity index (χ0) is 18.8. The number of fused-ring (bicyclic) bond motifs is 1. The second-order valence-electron chi connectivity index (χ2n) is 5.78. The summed E-state index contributed by atoms with van der Waals surface area (Å²) in [5, 5.41) is 7.90. The topological polar surface area (TPSA) is 165 Å². The molecule has 1 aliphatic heterocycles. The second-order valence-corrected chi connectivity index (χ2v) is 5.78. The first kappa shape index (κ1) is 17.1. The van der Waals surface area contributed by atoms with Crippen molar-refractivity contribution in [1.29, 1.82) is 0 Å². The van der Waals surface area contributed by atoms with E-state index < -0.39 is 11.8 Å². The fourth-order valence-electron chi connectivity index (χ4n) is 2.71. The predicted molar refractivity (Wildman–Crippen MR) is 96.2 cm³/mol. The van der Waals surface area contributed by atoms with Crippen molar-refractivity contribution >= 4 is 46.7 Å². The van der Waals surface area contributed by atoms with Crippen LogP contribution in [0.15, 0.2) is 24.3 Å². The molecule has 0 bridgehead atoms. The van der Waals surface area contributed by atoms with Crippen LogP contribution in [0.25, 0.3) is 0 Å². The van der Waals surface area contributed by atoms with E-state index in [1.54, 1.807) is 24.3 Å². The van der Waals surface area contributed by atoms with Gasteiger partial charge >= 0.3 is 0 Å². The van der Waals surface area contributed by atoms with Gasteiger partial charge in [-0.25, -0.2) is 0 Å². The zero-order valence-electron chi connectivity index (χ0n) is 13.9. The maximum atomic E-state index is 12.7. The number of nitrogens with zero attached hydrogens (tertiary/aromatic N) is 2. The average Bonchev–Trinajstić information content (AvgIpc) is 2.54. The van der Waals surface area contributed by atoms with Crippen molar-refractivity contribution in [2.24, 2.45) is 0 Å². The molecule has 10 nitrogen and oxygen atoms in total. The molecule has 2 heterocycles. The van der Waals surface area contributed by atoms with Gasteiger partial charge in [0.15, 0.2) is 0 Å². The molecule has 0 radical (unpaired) electrons. The summed E-state index contributed by atoms with van der Waals surface area (Å²) in [5.74, 6) is -1.71. The zero-order valence-corrected chi connectivity index (χ0v) is 13.9. The first-order valence-corrected chi connectivity index (χ1v) is 7.74. The molecule has 0 saturated carbocycles. The molecule has 3 rings (SSSR count). The highest BCUT2D eigenvalue weighted by molar-refractivity contribution is 6.05. The van der Waals surface area contributed by atoms with Gasteiger partial charge in [0.25, 0.3) is 0 Å². The Morgan fingerprint density at radius 3 is 2.35 bits per heavy atom. The molecule has 2 aromatic rings. The molecule has 1 aromatic heterocycles. The molecule has 0 aliphatic carbocycles. The summed E-state index contributed by atoms with van der Waals surface area (Å²) < 4.78 is 0. The van der Waals surface area contributed by atoms with Crippen LogP contribution in [0.5, 0.6) is 0 Å². The third-order valence-corrected chi connectivity index (χ3v) is 3.78.